The molecule has 1 saturated carbocycles. The van der Waals surface area contributed by atoms with Crippen LogP contribution in [0.2, 0.25) is 0 Å². The van der Waals surface area contributed by atoms with Crippen LogP contribution in [0.4, 0.5) is 0 Å². The van der Waals surface area contributed by atoms with Gasteiger partial charge >= 0.3 is 0 Å². The summed E-state index contributed by atoms with van der Waals surface area (Å²) in [5.41, 5.74) is 1.59. The standard InChI is InChI=1S/C17H21N3O2/c1-20(10-5-11-22-14-6-3-2-4-7-14)17(21)16-12-15(18-19-16)13-8-9-13/h2-4,6-7,12-13H,5,8-11H2,1H3,(H,18,19). The van der Waals surface area contributed by atoms with E-state index in [9.17, 15) is 4.79 Å². The molecule has 3 rings (SSSR count). The second kappa shape index (κ2) is 6.64. The maximum absolute atomic E-state index is 12.3. The van der Waals surface area contributed by atoms with E-state index in [-0.39, 0.29) is 5.91 Å². The van der Waals surface area contributed by atoms with E-state index < -0.39 is 0 Å². The number of para-hydroxylation sites is 1. The molecule has 0 radical (unpaired) electrons. The summed E-state index contributed by atoms with van der Waals surface area (Å²) in [6.45, 7) is 1.24. The fourth-order valence-corrected chi connectivity index (χ4v) is 2.36. The predicted octanol–water partition coefficient (Wildman–Crippen LogP) is 2.83. The molecule has 1 amide bonds. The van der Waals surface area contributed by atoms with Gasteiger partial charge in [0.1, 0.15) is 11.4 Å². The maximum Gasteiger partial charge on any atom is 0.274 e. The van der Waals surface area contributed by atoms with Crippen molar-refractivity contribution in [2.24, 2.45) is 0 Å². The van der Waals surface area contributed by atoms with Gasteiger partial charge in [0.05, 0.1) is 6.61 Å². The van der Waals surface area contributed by atoms with Crippen molar-refractivity contribution in [3.63, 3.8) is 0 Å². The van der Waals surface area contributed by atoms with Crippen molar-refractivity contribution in [3.05, 3.63) is 47.8 Å². The number of benzene rings is 1. The zero-order valence-electron chi connectivity index (χ0n) is 12.8. The minimum absolute atomic E-state index is 0.0390. The molecule has 22 heavy (non-hydrogen) atoms. The van der Waals surface area contributed by atoms with Crippen molar-refractivity contribution in [1.29, 1.82) is 0 Å². The Balaban J connectivity index is 1.42. The van der Waals surface area contributed by atoms with Crippen LogP contribution in [0.25, 0.3) is 0 Å². The third-order valence-electron chi connectivity index (χ3n) is 3.83. The van der Waals surface area contributed by atoms with Crippen LogP contribution in [0.1, 0.15) is 41.4 Å². The first-order chi connectivity index (χ1) is 10.7. The van der Waals surface area contributed by atoms with E-state index in [4.69, 9.17) is 4.74 Å². The van der Waals surface area contributed by atoms with E-state index in [1.807, 2.05) is 36.4 Å². The summed E-state index contributed by atoms with van der Waals surface area (Å²) >= 11 is 0. The highest BCUT2D eigenvalue weighted by atomic mass is 16.5. The maximum atomic E-state index is 12.3. The summed E-state index contributed by atoms with van der Waals surface area (Å²) in [6, 6.07) is 11.6. The number of carbonyl (C=O) groups is 1. The quantitative estimate of drug-likeness (QED) is 0.800. The molecule has 5 nitrogen and oxygen atoms in total. The normalized spacial score (nSPS) is 13.9. The third kappa shape index (κ3) is 3.67. The number of aromatic amines is 1. The van der Waals surface area contributed by atoms with Gasteiger partial charge in [-0.25, -0.2) is 0 Å². The highest BCUT2D eigenvalue weighted by Crippen LogP contribution is 2.39. The number of ether oxygens (including phenoxy) is 1. The largest absolute Gasteiger partial charge is 0.494 e. The first kappa shape index (κ1) is 14.6. The molecule has 0 bridgehead atoms. The summed E-state index contributed by atoms with van der Waals surface area (Å²) < 4.78 is 5.63. The Labute approximate surface area is 130 Å². The zero-order chi connectivity index (χ0) is 15.4. The van der Waals surface area contributed by atoms with Gasteiger partial charge in [0, 0.05) is 25.2 Å². The molecule has 0 aliphatic heterocycles. The number of hydrogen-bond donors (Lipinski definition) is 1. The van der Waals surface area contributed by atoms with Crippen LogP contribution in [-0.2, 0) is 0 Å². The molecule has 116 valence electrons. The molecule has 1 aromatic carbocycles. The Morgan fingerprint density at radius 1 is 1.36 bits per heavy atom. The molecule has 0 spiro atoms. The number of nitrogens with one attached hydrogen (secondary N) is 1. The lowest BCUT2D eigenvalue weighted by atomic mass is 10.2. The van der Waals surface area contributed by atoms with Crippen LogP contribution in [-0.4, -0.2) is 41.2 Å². The van der Waals surface area contributed by atoms with Crippen molar-refractivity contribution >= 4 is 5.91 Å². The Morgan fingerprint density at radius 3 is 2.86 bits per heavy atom. The monoisotopic (exact) mass is 299 g/mol. The van der Waals surface area contributed by atoms with Crippen LogP contribution < -0.4 is 4.74 Å². The smallest absolute Gasteiger partial charge is 0.274 e. The number of rotatable bonds is 7. The molecule has 0 saturated heterocycles. The van der Waals surface area contributed by atoms with E-state index in [2.05, 4.69) is 10.2 Å². The lowest BCUT2D eigenvalue weighted by Gasteiger charge is -2.15. The molecule has 1 aliphatic carbocycles. The highest BCUT2D eigenvalue weighted by Gasteiger charge is 2.27. The van der Waals surface area contributed by atoms with Crippen molar-refractivity contribution in [3.8, 4) is 5.75 Å². The Hall–Kier alpha value is -2.30. The second-order valence-electron chi connectivity index (χ2n) is 5.72. The van der Waals surface area contributed by atoms with Gasteiger partial charge in [0.15, 0.2) is 0 Å². The zero-order valence-corrected chi connectivity index (χ0v) is 12.8. The van der Waals surface area contributed by atoms with Gasteiger partial charge in [-0.3, -0.25) is 9.89 Å². The van der Waals surface area contributed by atoms with Gasteiger partial charge in [-0.2, -0.15) is 5.10 Å². The van der Waals surface area contributed by atoms with Crippen LogP contribution in [0.3, 0.4) is 0 Å². The fraction of sp³-hybridized carbons (Fsp3) is 0.412. The van der Waals surface area contributed by atoms with Crippen molar-refractivity contribution < 1.29 is 9.53 Å². The van der Waals surface area contributed by atoms with Crippen molar-refractivity contribution in [2.45, 2.75) is 25.2 Å². The Morgan fingerprint density at radius 2 is 2.14 bits per heavy atom. The van der Waals surface area contributed by atoms with Crippen molar-refractivity contribution in [2.75, 3.05) is 20.2 Å². The molecule has 1 heterocycles. The average molecular weight is 299 g/mol. The summed E-state index contributed by atoms with van der Waals surface area (Å²) in [5, 5.41) is 7.10. The van der Waals surface area contributed by atoms with Crippen LogP contribution in [0.15, 0.2) is 36.4 Å². The second-order valence-corrected chi connectivity index (χ2v) is 5.72. The van der Waals surface area contributed by atoms with E-state index in [1.54, 1.807) is 11.9 Å². The van der Waals surface area contributed by atoms with Gasteiger partial charge in [-0.15, -0.1) is 0 Å². The topological polar surface area (TPSA) is 58.2 Å². The SMILES string of the molecule is CN(CCCOc1ccccc1)C(=O)c1cc(C2CC2)[nH]n1. The van der Waals surface area contributed by atoms with Gasteiger partial charge in [-0.05, 0) is 37.5 Å². The van der Waals surface area contributed by atoms with Gasteiger partial charge in [-0.1, -0.05) is 18.2 Å². The van der Waals surface area contributed by atoms with E-state index >= 15 is 0 Å². The summed E-state index contributed by atoms with van der Waals surface area (Å²) in [7, 11) is 1.80. The molecule has 2 aromatic rings. The first-order valence-corrected chi connectivity index (χ1v) is 7.72. The molecule has 5 heteroatoms. The van der Waals surface area contributed by atoms with E-state index in [0.717, 1.165) is 17.9 Å². The minimum Gasteiger partial charge on any atom is -0.494 e. The summed E-state index contributed by atoms with van der Waals surface area (Å²) in [5.74, 6) is 1.40. The predicted molar refractivity (Wildman–Crippen MR) is 84.1 cm³/mol. The number of nitrogens with zero attached hydrogens (tertiary/aromatic N) is 2. The Bertz CT molecular complexity index is 620. The number of H-pyrrole nitrogens is 1. The lowest BCUT2D eigenvalue weighted by molar-refractivity contribution is 0.0782. The van der Waals surface area contributed by atoms with Gasteiger partial charge < -0.3 is 9.64 Å². The summed E-state index contributed by atoms with van der Waals surface area (Å²) in [4.78, 5) is 14.0. The first-order valence-electron chi connectivity index (χ1n) is 7.72. The van der Waals surface area contributed by atoms with Crippen LogP contribution in [0.5, 0.6) is 5.75 Å². The third-order valence-corrected chi connectivity index (χ3v) is 3.83. The Kier molecular flexibility index (Phi) is 4.42. The molecular formula is C17H21N3O2. The number of carbonyl (C=O) groups excluding carboxylic acids is 1. The molecule has 0 atom stereocenters. The number of hydrogen-bond acceptors (Lipinski definition) is 3. The number of aromatic nitrogens is 2. The molecule has 1 fully saturated rings. The molecule has 0 unspecified atom stereocenters. The fourth-order valence-electron chi connectivity index (χ4n) is 2.36. The van der Waals surface area contributed by atoms with Gasteiger partial charge in [0.25, 0.3) is 5.91 Å². The molecular weight excluding hydrogens is 278 g/mol. The van der Waals surface area contributed by atoms with E-state index in [1.165, 1.54) is 12.8 Å². The summed E-state index contributed by atoms with van der Waals surface area (Å²) in [6.07, 6.45) is 3.18. The van der Waals surface area contributed by atoms with E-state index in [0.29, 0.717) is 24.8 Å². The molecule has 1 N–H and O–H groups in total. The van der Waals surface area contributed by atoms with Crippen LogP contribution >= 0.6 is 0 Å². The highest BCUT2D eigenvalue weighted by molar-refractivity contribution is 5.92. The molecule has 1 aromatic heterocycles. The number of amides is 1. The van der Waals surface area contributed by atoms with Gasteiger partial charge in [0.2, 0.25) is 0 Å². The minimum atomic E-state index is -0.0390. The lowest BCUT2D eigenvalue weighted by Crippen LogP contribution is -2.29. The van der Waals surface area contributed by atoms with Crippen LogP contribution in [0, 0.1) is 0 Å². The van der Waals surface area contributed by atoms with Crippen molar-refractivity contribution in [1.82, 2.24) is 15.1 Å². The molecule has 1 aliphatic rings. The average Bonchev–Trinajstić information content (AvgIpc) is 3.29.